The molecule has 0 N–H and O–H groups in total. The van der Waals surface area contributed by atoms with Crippen molar-refractivity contribution in [1.82, 2.24) is 0 Å². The minimum Gasteiger partial charge on any atom is -0.473 e. The summed E-state index contributed by atoms with van der Waals surface area (Å²) in [5.41, 5.74) is -0.303. The van der Waals surface area contributed by atoms with E-state index in [0.717, 1.165) is 24.5 Å². The number of rotatable bonds is 3. The van der Waals surface area contributed by atoms with Crippen molar-refractivity contribution < 1.29 is 17.9 Å². The van der Waals surface area contributed by atoms with Crippen molar-refractivity contribution in [3.05, 3.63) is 35.4 Å². The standard InChI is InChI=1S/C18H23F3O/c1-5-17(18(19,20)21)11-9-14-7-6-13(12-15(14)22-17)8-10-16(2,3)4/h6-7,9,11-12H,5,8,10H2,1-4H3. The fourth-order valence-electron chi connectivity index (χ4n) is 2.48. The first-order valence-corrected chi connectivity index (χ1v) is 7.64. The van der Waals surface area contributed by atoms with E-state index in [-0.39, 0.29) is 11.8 Å². The van der Waals surface area contributed by atoms with Gasteiger partial charge in [-0.2, -0.15) is 13.2 Å². The zero-order valence-electron chi connectivity index (χ0n) is 13.6. The number of ether oxygens (including phenoxy) is 1. The second-order valence-electron chi connectivity index (χ2n) is 7.11. The van der Waals surface area contributed by atoms with Gasteiger partial charge in [-0.25, -0.2) is 0 Å². The number of hydrogen-bond acceptors (Lipinski definition) is 1. The van der Waals surface area contributed by atoms with Gasteiger partial charge in [-0.15, -0.1) is 0 Å². The molecule has 122 valence electrons. The van der Waals surface area contributed by atoms with Crippen molar-refractivity contribution in [2.75, 3.05) is 0 Å². The van der Waals surface area contributed by atoms with Gasteiger partial charge in [0.1, 0.15) is 5.75 Å². The van der Waals surface area contributed by atoms with Crippen LogP contribution in [0.25, 0.3) is 6.08 Å². The smallest absolute Gasteiger partial charge is 0.432 e. The summed E-state index contributed by atoms with van der Waals surface area (Å²) in [6.07, 6.45) is -0.113. The Balaban J connectivity index is 2.27. The first-order chi connectivity index (χ1) is 10.1. The lowest BCUT2D eigenvalue weighted by molar-refractivity contribution is -0.230. The third kappa shape index (κ3) is 3.47. The highest BCUT2D eigenvalue weighted by atomic mass is 19.4. The van der Waals surface area contributed by atoms with E-state index in [0.29, 0.717) is 11.3 Å². The minimum absolute atomic E-state index is 0.140. The largest absolute Gasteiger partial charge is 0.473 e. The monoisotopic (exact) mass is 312 g/mol. The molecule has 1 aliphatic heterocycles. The molecule has 1 aliphatic rings. The molecule has 0 fully saturated rings. The lowest BCUT2D eigenvalue weighted by atomic mass is 9.88. The summed E-state index contributed by atoms with van der Waals surface area (Å²) >= 11 is 0. The van der Waals surface area contributed by atoms with Crippen LogP contribution in [0, 0.1) is 5.41 Å². The average Bonchev–Trinajstić information content (AvgIpc) is 2.42. The maximum atomic E-state index is 13.3. The maximum Gasteiger partial charge on any atom is 0.432 e. The first kappa shape index (κ1) is 16.9. The number of alkyl halides is 3. The van der Waals surface area contributed by atoms with Gasteiger partial charge in [-0.3, -0.25) is 0 Å². The lowest BCUT2D eigenvalue weighted by Gasteiger charge is -2.35. The topological polar surface area (TPSA) is 9.23 Å². The van der Waals surface area contributed by atoms with Crippen molar-refractivity contribution in [3.8, 4) is 5.75 Å². The van der Waals surface area contributed by atoms with Gasteiger partial charge in [0.15, 0.2) is 0 Å². The van der Waals surface area contributed by atoms with Gasteiger partial charge >= 0.3 is 6.18 Å². The number of fused-ring (bicyclic) bond motifs is 1. The number of hydrogen-bond donors (Lipinski definition) is 0. The molecule has 0 saturated heterocycles. The van der Waals surface area contributed by atoms with Crippen LogP contribution in [-0.4, -0.2) is 11.8 Å². The summed E-state index contributed by atoms with van der Waals surface area (Å²) in [5, 5.41) is 0. The quantitative estimate of drug-likeness (QED) is 0.687. The van der Waals surface area contributed by atoms with Crippen LogP contribution in [0.4, 0.5) is 13.2 Å². The van der Waals surface area contributed by atoms with E-state index in [9.17, 15) is 13.2 Å². The number of benzene rings is 1. The fourth-order valence-corrected chi connectivity index (χ4v) is 2.48. The van der Waals surface area contributed by atoms with Crippen LogP contribution in [0.15, 0.2) is 24.3 Å². The predicted molar refractivity (Wildman–Crippen MR) is 83.0 cm³/mol. The summed E-state index contributed by atoms with van der Waals surface area (Å²) in [6, 6.07) is 5.55. The molecule has 0 radical (unpaired) electrons. The van der Waals surface area contributed by atoms with E-state index in [4.69, 9.17) is 4.74 Å². The zero-order valence-corrected chi connectivity index (χ0v) is 13.6. The van der Waals surface area contributed by atoms with Crippen molar-refractivity contribution in [2.24, 2.45) is 5.41 Å². The highest BCUT2D eigenvalue weighted by Crippen LogP contribution is 2.43. The highest BCUT2D eigenvalue weighted by Gasteiger charge is 2.55. The molecule has 1 aromatic rings. The SMILES string of the molecule is CCC1(C(F)(F)F)C=Cc2ccc(CCC(C)(C)C)cc2O1. The van der Waals surface area contributed by atoms with Crippen LogP contribution in [0.5, 0.6) is 5.75 Å². The van der Waals surface area contributed by atoms with Crippen LogP contribution >= 0.6 is 0 Å². The van der Waals surface area contributed by atoms with Crippen molar-refractivity contribution >= 4 is 6.08 Å². The first-order valence-electron chi connectivity index (χ1n) is 7.64. The van der Waals surface area contributed by atoms with E-state index in [1.54, 1.807) is 6.07 Å². The fraction of sp³-hybridized carbons (Fsp3) is 0.556. The second-order valence-corrected chi connectivity index (χ2v) is 7.11. The highest BCUT2D eigenvalue weighted by molar-refractivity contribution is 5.62. The van der Waals surface area contributed by atoms with Crippen molar-refractivity contribution in [1.29, 1.82) is 0 Å². The predicted octanol–water partition coefficient (Wildman–Crippen LogP) is 5.78. The maximum absolute atomic E-state index is 13.3. The van der Waals surface area contributed by atoms with E-state index < -0.39 is 11.8 Å². The molecule has 0 amide bonds. The van der Waals surface area contributed by atoms with Crippen LogP contribution in [0.2, 0.25) is 0 Å². The van der Waals surface area contributed by atoms with E-state index in [2.05, 4.69) is 20.8 Å². The van der Waals surface area contributed by atoms with E-state index in [1.165, 1.54) is 13.0 Å². The molecular weight excluding hydrogens is 289 g/mol. The van der Waals surface area contributed by atoms with E-state index >= 15 is 0 Å². The van der Waals surface area contributed by atoms with Gasteiger partial charge in [0.05, 0.1) is 0 Å². The van der Waals surface area contributed by atoms with Gasteiger partial charge in [0.25, 0.3) is 0 Å². The summed E-state index contributed by atoms with van der Waals surface area (Å²) in [4.78, 5) is 0. The molecule has 0 bridgehead atoms. The Hall–Kier alpha value is -1.45. The van der Waals surface area contributed by atoms with Crippen LogP contribution in [-0.2, 0) is 6.42 Å². The minimum atomic E-state index is -4.42. The summed E-state index contributed by atoms with van der Waals surface area (Å²) < 4.78 is 45.4. The van der Waals surface area contributed by atoms with Gasteiger partial charge in [0, 0.05) is 5.56 Å². The molecule has 1 atom stereocenters. The molecule has 1 nitrogen and oxygen atoms in total. The third-order valence-electron chi connectivity index (χ3n) is 4.07. The summed E-state index contributed by atoms with van der Waals surface area (Å²) in [6.45, 7) is 7.94. The summed E-state index contributed by atoms with van der Waals surface area (Å²) in [7, 11) is 0. The van der Waals surface area contributed by atoms with Crippen molar-refractivity contribution in [2.45, 2.75) is 58.7 Å². The molecule has 1 heterocycles. The Bertz CT molecular complexity index is 567. The molecular formula is C18H23F3O. The Morgan fingerprint density at radius 3 is 2.36 bits per heavy atom. The zero-order chi connectivity index (χ0) is 16.6. The number of halogens is 3. The van der Waals surface area contributed by atoms with Crippen LogP contribution in [0.1, 0.15) is 51.7 Å². The molecule has 0 spiro atoms. The Morgan fingerprint density at radius 2 is 1.82 bits per heavy atom. The summed E-state index contributed by atoms with van der Waals surface area (Å²) in [5.74, 6) is 0.327. The Morgan fingerprint density at radius 1 is 1.14 bits per heavy atom. The van der Waals surface area contributed by atoms with E-state index in [1.807, 2.05) is 12.1 Å². The molecule has 1 unspecified atom stereocenters. The second kappa shape index (κ2) is 5.64. The van der Waals surface area contributed by atoms with Crippen LogP contribution in [0.3, 0.4) is 0 Å². The molecule has 0 aromatic heterocycles. The normalized spacial score (nSPS) is 21.4. The Kier molecular flexibility index (Phi) is 4.33. The van der Waals surface area contributed by atoms with Crippen molar-refractivity contribution in [3.63, 3.8) is 0 Å². The molecule has 2 rings (SSSR count). The lowest BCUT2D eigenvalue weighted by Crippen LogP contribution is -2.49. The number of aryl methyl sites for hydroxylation is 1. The molecule has 1 aromatic carbocycles. The molecule has 22 heavy (non-hydrogen) atoms. The molecule has 4 heteroatoms. The molecule has 0 aliphatic carbocycles. The third-order valence-corrected chi connectivity index (χ3v) is 4.07. The van der Waals surface area contributed by atoms with Gasteiger partial charge < -0.3 is 4.74 Å². The van der Waals surface area contributed by atoms with Gasteiger partial charge in [-0.05, 0) is 42.4 Å². The van der Waals surface area contributed by atoms with Crippen LogP contribution < -0.4 is 4.74 Å². The average molecular weight is 312 g/mol. The van der Waals surface area contributed by atoms with Gasteiger partial charge in [0.2, 0.25) is 5.60 Å². The van der Waals surface area contributed by atoms with Gasteiger partial charge in [-0.1, -0.05) is 45.9 Å². The molecule has 0 saturated carbocycles. The Labute approximate surface area is 130 Å².